The van der Waals surface area contributed by atoms with Crippen LogP contribution in [0.4, 0.5) is 0 Å². The molecular formula is C11H14O4S. The van der Waals surface area contributed by atoms with E-state index in [0.717, 1.165) is 5.56 Å². The highest BCUT2D eigenvalue weighted by molar-refractivity contribution is 7.86. The second-order valence-corrected chi connectivity index (χ2v) is 4.95. The Balaban J connectivity index is 2.99. The molecular weight excluding hydrogens is 228 g/mol. The van der Waals surface area contributed by atoms with Crippen molar-refractivity contribution in [3.8, 4) is 0 Å². The van der Waals surface area contributed by atoms with Crippen LogP contribution >= 0.6 is 0 Å². The first-order valence-electron chi connectivity index (χ1n) is 4.76. The van der Waals surface area contributed by atoms with Crippen LogP contribution < -0.4 is 0 Å². The molecule has 0 saturated carbocycles. The topological polar surface area (TPSA) is 63.6 Å². The van der Waals surface area contributed by atoms with Gasteiger partial charge in [-0.25, -0.2) is 0 Å². The molecule has 1 rings (SSSR count). The first kappa shape index (κ1) is 12.9. The number of benzene rings is 1. The van der Waals surface area contributed by atoms with E-state index in [-0.39, 0.29) is 6.61 Å². The smallest absolute Gasteiger partial charge is 0.322 e. The molecule has 0 bridgehead atoms. The molecule has 5 heteroatoms. The Hall–Kier alpha value is -1.20. The largest absolute Gasteiger partial charge is 0.480 e. The third kappa shape index (κ3) is 2.90. The molecule has 1 aromatic carbocycles. The van der Waals surface area contributed by atoms with Crippen molar-refractivity contribution in [3.63, 3.8) is 0 Å². The Labute approximate surface area is 96.7 Å². The van der Waals surface area contributed by atoms with Gasteiger partial charge in [-0.1, -0.05) is 18.2 Å². The quantitative estimate of drug-likeness (QED) is 0.842. The Morgan fingerprint density at radius 2 is 2.12 bits per heavy atom. The van der Waals surface area contributed by atoms with E-state index in [0.29, 0.717) is 4.90 Å². The van der Waals surface area contributed by atoms with Gasteiger partial charge in [0.1, 0.15) is 0 Å². The SMILES string of the molecule is COCC(C(=O)O)S(=O)c1ccccc1C. The summed E-state index contributed by atoms with van der Waals surface area (Å²) >= 11 is 0. The number of carboxylic acids is 1. The van der Waals surface area contributed by atoms with Gasteiger partial charge < -0.3 is 9.84 Å². The van der Waals surface area contributed by atoms with Crippen LogP contribution in [0.2, 0.25) is 0 Å². The van der Waals surface area contributed by atoms with Gasteiger partial charge in [0.2, 0.25) is 0 Å². The molecule has 0 aliphatic heterocycles. The van der Waals surface area contributed by atoms with Crippen LogP contribution in [-0.4, -0.2) is 34.3 Å². The lowest BCUT2D eigenvalue weighted by molar-refractivity contribution is -0.137. The van der Waals surface area contributed by atoms with Crippen molar-refractivity contribution >= 4 is 16.8 Å². The number of hydrogen-bond acceptors (Lipinski definition) is 3. The van der Waals surface area contributed by atoms with Crippen LogP contribution in [0.1, 0.15) is 5.56 Å². The molecule has 0 saturated heterocycles. The van der Waals surface area contributed by atoms with E-state index in [1.54, 1.807) is 25.1 Å². The molecule has 0 heterocycles. The summed E-state index contributed by atoms with van der Waals surface area (Å²) in [5.74, 6) is -1.11. The molecule has 16 heavy (non-hydrogen) atoms. The first-order valence-corrected chi connectivity index (χ1v) is 5.97. The predicted molar refractivity (Wildman–Crippen MR) is 60.9 cm³/mol. The lowest BCUT2D eigenvalue weighted by atomic mass is 10.2. The number of rotatable bonds is 5. The number of carboxylic acid groups (broad SMARTS) is 1. The number of aliphatic carboxylic acids is 1. The Bertz CT molecular complexity index is 403. The van der Waals surface area contributed by atoms with Crippen LogP contribution in [0.25, 0.3) is 0 Å². The van der Waals surface area contributed by atoms with Crippen molar-refractivity contribution in [1.82, 2.24) is 0 Å². The number of ether oxygens (including phenoxy) is 1. The van der Waals surface area contributed by atoms with Crippen LogP contribution in [0.15, 0.2) is 29.2 Å². The zero-order valence-electron chi connectivity index (χ0n) is 9.17. The summed E-state index contributed by atoms with van der Waals surface area (Å²) in [5.41, 5.74) is 0.822. The minimum absolute atomic E-state index is 0.0592. The van der Waals surface area contributed by atoms with E-state index in [1.807, 2.05) is 6.07 Å². The van der Waals surface area contributed by atoms with E-state index in [4.69, 9.17) is 9.84 Å². The highest BCUT2D eigenvalue weighted by atomic mass is 32.2. The van der Waals surface area contributed by atoms with Crippen LogP contribution in [0, 0.1) is 6.92 Å². The summed E-state index contributed by atoms with van der Waals surface area (Å²) in [4.78, 5) is 11.5. The maximum Gasteiger partial charge on any atom is 0.322 e. The van der Waals surface area contributed by atoms with Crippen molar-refractivity contribution in [3.05, 3.63) is 29.8 Å². The lowest BCUT2D eigenvalue weighted by Crippen LogP contribution is -2.30. The molecule has 0 amide bonds. The van der Waals surface area contributed by atoms with Gasteiger partial charge in [0.05, 0.1) is 17.4 Å². The van der Waals surface area contributed by atoms with Gasteiger partial charge >= 0.3 is 5.97 Å². The predicted octanol–water partition coefficient (Wildman–Crippen LogP) is 1.20. The fourth-order valence-corrected chi connectivity index (χ4v) is 2.66. The van der Waals surface area contributed by atoms with Gasteiger partial charge in [0.15, 0.2) is 5.25 Å². The first-order chi connectivity index (χ1) is 7.57. The van der Waals surface area contributed by atoms with Crippen molar-refractivity contribution in [2.75, 3.05) is 13.7 Å². The maximum absolute atomic E-state index is 12.0. The van der Waals surface area contributed by atoms with Crippen LogP contribution in [0.3, 0.4) is 0 Å². The molecule has 88 valence electrons. The van der Waals surface area contributed by atoms with Gasteiger partial charge in [0.25, 0.3) is 0 Å². The van der Waals surface area contributed by atoms with E-state index in [1.165, 1.54) is 7.11 Å². The number of aryl methyl sites for hydroxylation is 1. The molecule has 2 unspecified atom stereocenters. The Morgan fingerprint density at radius 1 is 1.50 bits per heavy atom. The molecule has 0 radical (unpaired) electrons. The average molecular weight is 242 g/mol. The minimum atomic E-state index is -1.59. The van der Waals surface area contributed by atoms with E-state index >= 15 is 0 Å². The molecule has 2 atom stereocenters. The molecule has 0 aliphatic rings. The van der Waals surface area contributed by atoms with E-state index in [9.17, 15) is 9.00 Å². The van der Waals surface area contributed by atoms with Gasteiger partial charge in [0, 0.05) is 12.0 Å². The van der Waals surface area contributed by atoms with E-state index in [2.05, 4.69) is 0 Å². The van der Waals surface area contributed by atoms with Crippen molar-refractivity contribution in [2.45, 2.75) is 17.1 Å². The molecule has 0 aromatic heterocycles. The molecule has 0 fully saturated rings. The summed E-state index contributed by atoms with van der Waals surface area (Å²) < 4.78 is 16.8. The van der Waals surface area contributed by atoms with Crippen LogP contribution in [-0.2, 0) is 20.3 Å². The summed E-state index contributed by atoms with van der Waals surface area (Å²) in [6, 6.07) is 7.05. The fourth-order valence-electron chi connectivity index (χ4n) is 1.31. The zero-order valence-corrected chi connectivity index (χ0v) is 9.99. The zero-order chi connectivity index (χ0) is 12.1. The summed E-state index contributed by atoms with van der Waals surface area (Å²) in [7, 11) is -0.193. The van der Waals surface area contributed by atoms with Crippen LogP contribution in [0.5, 0.6) is 0 Å². The van der Waals surface area contributed by atoms with Gasteiger partial charge in [-0.05, 0) is 18.6 Å². The van der Waals surface area contributed by atoms with Gasteiger partial charge in [-0.3, -0.25) is 9.00 Å². The van der Waals surface area contributed by atoms with Gasteiger partial charge in [-0.2, -0.15) is 0 Å². The average Bonchev–Trinajstić information content (AvgIpc) is 2.25. The summed E-state index contributed by atoms with van der Waals surface area (Å²) in [6.07, 6.45) is 0. The highest BCUT2D eigenvalue weighted by Gasteiger charge is 2.26. The monoisotopic (exact) mass is 242 g/mol. The molecule has 0 spiro atoms. The summed E-state index contributed by atoms with van der Waals surface area (Å²) in [5, 5.41) is 7.93. The standard InChI is InChI=1S/C11H14O4S/c1-8-5-3-4-6-9(8)16(14)10(7-15-2)11(12)13/h3-6,10H,7H2,1-2H3,(H,12,13). The Morgan fingerprint density at radius 3 is 2.62 bits per heavy atom. The number of methoxy groups -OCH3 is 1. The molecule has 0 aliphatic carbocycles. The second-order valence-electron chi connectivity index (χ2n) is 3.35. The Kier molecular flexibility index (Phi) is 4.64. The molecule has 1 aromatic rings. The van der Waals surface area contributed by atoms with Gasteiger partial charge in [-0.15, -0.1) is 0 Å². The van der Waals surface area contributed by atoms with Crippen molar-refractivity contribution < 1.29 is 18.8 Å². The third-order valence-corrected chi connectivity index (χ3v) is 3.91. The van der Waals surface area contributed by atoms with Crippen molar-refractivity contribution in [1.29, 1.82) is 0 Å². The highest BCUT2D eigenvalue weighted by Crippen LogP contribution is 2.16. The lowest BCUT2D eigenvalue weighted by Gasteiger charge is -2.12. The van der Waals surface area contributed by atoms with E-state index < -0.39 is 22.0 Å². The maximum atomic E-state index is 12.0. The fraction of sp³-hybridized carbons (Fsp3) is 0.364. The number of hydrogen-bond donors (Lipinski definition) is 1. The van der Waals surface area contributed by atoms with Crippen molar-refractivity contribution in [2.24, 2.45) is 0 Å². The number of carbonyl (C=O) groups is 1. The second kappa shape index (κ2) is 5.77. The molecule has 1 N–H and O–H groups in total. The molecule has 4 nitrogen and oxygen atoms in total. The third-order valence-electron chi connectivity index (χ3n) is 2.16. The summed E-state index contributed by atoms with van der Waals surface area (Å²) in [6.45, 7) is 1.75. The minimum Gasteiger partial charge on any atom is -0.480 e. The normalized spacial score (nSPS) is 14.4.